The molecule has 0 fully saturated rings. The molecular formula is C62H41N3. The topological polar surface area (TPSA) is 13.1 Å². The van der Waals surface area contributed by atoms with Crippen molar-refractivity contribution in [2.24, 2.45) is 0 Å². The molecule has 0 amide bonds. The molecule has 0 atom stereocenters. The van der Waals surface area contributed by atoms with Crippen LogP contribution in [0.4, 0.5) is 17.1 Å². The van der Waals surface area contributed by atoms with E-state index < -0.39 is 0 Å². The van der Waals surface area contributed by atoms with Gasteiger partial charge in [0, 0.05) is 49.7 Å². The number of aromatic nitrogens is 2. The van der Waals surface area contributed by atoms with Gasteiger partial charge in [-0.2, -0.15) is 0 Å². The zero-order chi connectivity index (χ0) is 42.8. The molecule has 0 spiro atoms. The van der Waals surface area contributed by atoms with Crippen molar-refractivity contribution < 1.29 is 0 Å². The highest BCUT2D eigenvalue weighted by atomic mass is 15.1. The van der Waals surface area contributed by atoms with Gasteiger partial charge in [0.15, 0.2) is 0 Å². The van der Waals surface area contributed by atoms with Gasteiger partial charge in [-0.3, -0.25) is 0 Å². The standard InChI is InChI=1S/C62H41N3/c1-3-18-45(19-4-1)64-56-29-13-11-25-54(56)61-50(27-15-31-58(61)64)42-33-37-47(38-34-42)63(60-41-44-17-7-8-22-49(44)52-23-9-10-24-53(52)60)48-39-35-43(36-40-48)51-28-16-32-59-62(51)55-26-12-14-30-57(55)65(59)46-20-5-2-6-21-46/h1-41H. The lowest BCUT2D eigenvalue weighted by Gasteiger charge is -2.28. The van der Waals surface area contributed by atoms with Gasteiger partial charge < -0.3 is 14.0 Å². The van der Waals surface area contributed by atoms with Crippen LogP contribution in [0.2, 0.25) is 0 Å². The van der Waals surface area contributed by atoms with Gasteiger partial charge in [0.2, 0.25) is 0 Å². The predicted molar refractivity (Wildman–Crippen MR) is 276 cm³/mol. The van der Waals surface area contributed by atoms with Crippen LogP contribution in [0.1, 0.15) is 0 Å². The SMILES string of the molecule is c1ccc(-n2c3ccccc3c3c(-c4ccc(N(c5ccc(-c6cccc7c6c6ccccc6n7-c6ccccc6)cc5)c5cc6ccccc6c6ccccc56)cc4)cccc32)cc1. The Labute approximate surface area is 376 Å². The molecule has 0 saturated heterocycles. The molecule has 0 saturated carbocycles. The monoisotopic (exact) mass is 827 g/mol. The number of nitrogens with zero attached hydrogens (tertiary/aromatic N) is 3. The predicted octanol–water partition coefficient (Wildman–Crippen LogP) is 17.0. The van der Waals surface area contributed by atoms with Crippen LogP contribution in [-0.4, -0.2) is 9.13 Å². The van der Waals surface area contributed by atoms with E-state index in [0.717, 1.165) is 28.4 Å². The molecule has 13 rings (SSSR count). The van der Waals surface area contributed by atoms with Crippen molar-refractivity contribution >= 4 is 82.2 Å². The number of anilines is 3. The molecule has 0 unspecified atom stereocenters. The summed E-state index contributed by atoms with van der Waals surface area (Å²) >= 11 is 0. The van der Waals surface area contributed by atoms with Crippen molar-refractivity contribution in [3.05, 3.63) is 249 Å². The van der Waals surface area contributed by atoms with Crippen LogP contribution in [0.25, 0.3) is 98.8 Å². The first-order chi connectivity index (χ1) is 32.3. The number of fused-ring (bicyclic) bond motifs is 9. The van der Waals surface area contributed by atoms with Crippen LogP contribution in [-0.2, 0) is 0 Å². The van der Waals surface area contributed by atoms with Gasteiger partial charge in [-0.15, -0.1) is 0 Å². The first-order valence-corrected chi connectivity index (χ1v) is 22.4. The van der Waals surface area contributed by atoms with Crippen molar-refractivity contribution in [3.8, 4) is 33.6 Å². The molecule has 0 bridgehead atoms. The van der Waals surface area contributed by atoms with Crippen LogP contribution in [0, 0.1) is 0 Å². The highest BCUT2D eigenvalue weighted by Gasteiger charge is 2.21. The fourth-order valence-corrected chi connectivity index (χ4v) is 10.5. The zero-order valence-corrected chi connectivity index (χ0v) is 35.5. The highest BCUT2D eigenvalue weighted by Crippen LogP contribution is 2.45. The fraction of sp³-hybridized carbons (Fsp3) is 0. The van der Waals surface area contributed by atoms with Crippen LogP contribution in [0.3, 0.4) is 0 Å². The average Bonchev–Trinajstić information content (AvgIpc) is 3.91. The second kappa shape index (κ2) is 15.0. The summed E-state index contributed by atoms with van der Waals surface area (Å²) in [6.45, 7) is 0. The number of rotatable bonds is 7. The lowest BCUT2D eigenvalue weighted by molar-refractivity contribution is 1.18. The molecule has 0 radical (unpaired) electrons. The third kappa shape index (κ3) is 5.90. The van der Waals surface area contributed by atoms with Crippen molar-refractivity contribution in [2.75, 3.05) is 4.90 Å². The molecule has 0 aliphatic carbocycles. The van der Waals surface area contributed by atoms with Gasteiger partial charge >= 0.3 is 0 Å². The molecule has 3 heteroatoms. The minimum atomic E-state index is 1.09. The Morgan fingerprint density at radius 3 is 1.18 bits per heavy atom. The van der Waals surface area contributed by atoms with Gasteiger partial charge in [0.05, 0.1) is 27.8 Å². The van der Waals surface area contributed by atoms with Gasteiger partial charge in [-0.05, 0) is 117 Å². The Bertz CT molecular complexity index is 3720. The summed E-state index contributed by atoms with van der Waals surface area (Å²) in [6.07, 6.45) is 0. The molecule has 0 aliphatic rings. The van der Waals surface area contributed by atoms with E-state index in [1.165, 1.54) is 87.4 Å². The number of para-hydroxylation sites is 4. The van der Waals surface area contributed by atoms with E-state index in [4.69, 9.17) is 0 Å². The largest absolute Gasteiger partial charge is 0.310 e. The second-order valence-corrected chi connectivity index (χ2v) is 16.9. The molecule has 0 aliphatic heterocycles. The Hall–Kier alpha value is -8.66. The maximum atomic E-state index is 2.44. The van der Waals surface area contributed by atoms with E-state index in [0.29, 0.717) is 0 Å². The lowest BCUT2D eigenvalue weighted by atomic mass is 9.97. The van der Waals surface area contributed by atoms with Crippen LogP contribution < -0.4 is 4.90 Å². The number of benzene rings is 11. The first-order valence-electron chi connectivity index (χ1n) is 22.4. The summed E-state index contributed by atoms with van der Waals surface area (Å²) < 4.78 is 4.78. The molecule has 65 heavy (non-hydrogen) atoms. The second-order valence-electron chi connectivity index (χ2n) is 16.9. The molecular weight excluding hydrogens is 787 g/mol. The number of hydrogen-bond donors (Lipinski definition) is 0. The molecule has 11 aromatic carbocycles. The Morgan fingerprint density at radius 2 is 0.677 bits per heavy atom. The Morgan fingerprint density at radius 1 is 0.277 bits per heavy atom. The highest BCUT2D eigenvalue weighted by molar-refractivity contribution is 6.18. The van der Waals surface area contributed by atoms with Crippen molar-refractivity contribution in [1.29, 1.82) is 0 Å². The zero-order valence-electron chi connectivity index (χ0n) is 35.5. The van der Waals surface area contributed by atoms with E-state index in [2.05, 4.69) is 263 Å². The van der Waals surface area contributed by atoms with Gasteiger partial charge in [-0.25, -0.2) is 0 Å². The van der Waals surface area contributed by atoms with Gasteiger partial charge in [0.25, 0.3) is 0 Å². The summed E-state index contributed by atoms with van der Waals surface area (Å²) in [5, 5.41) is 9.92. The minimum absolute atomic E-state index is 1.09. The summed E-state index contributed by atoms with van der Waals surface area (Å²) in [5.41, 5.74) is 15.2. The summed E-state index contributed by atoms with van der Waals surface area (Å²) in [6, 6.07) is 90.6. The van der Waals surface area contributed by atoms with Crippen LogP contribution in [0.5, 0.6) is 0 Å². The van der Waals surface area contributed by atoms with Gasteiger partial charge in [0.1, 0.15) is 0 Å². The number of hydrogen-bond acceptors (Lipinski definition) is 1. The molecule has 0 N–H and O–H groups in total. The third-order valence-electron chi connectivity index (χ3n) is 13.3. The smallest absolute Gasteiger partial charge is 0.0547 e. The third-order valence-corrected chi connectivity index (χ3v) is 13.3. The van der Waals surface area contributed by atoms with Crippen LogP contribution >= 0.6 is 0 Å². The first kappa shape index (κ1) is 36.9. The fourth-order valence-electron chi connectivity index (χ4n) is 10.5. The van der Waals surface area contributed by atoms with E-state index in [1.54, 1.807) is 0 Å². The molecule has 304 valence electrons. The summed E-state index contributed by atoms with van der Waals surface area (Å²) in [5.74, 6) is 0. The van der Waals surface area contributed by atoms with Gasteiger partial charge in [-0.1, -0.05) is 170 Å². The summed E-state index contributed by atoms with van der Waals surface area (Å²) in [7, 11) is 0. The van der Waals surface area contributed by atoms with E-state index >= 15 is 0 Å². The minimum Gasteiger partial charge on any atom is -0.310 e. The maximum Gasteiger partial charge on any atom is 0.0547 e. The molecule has 2 heterocycles. The Balaban J connectivity index is 0.976. The van der Waals surface area contributed by atoms with E-state index in [1.807, 2.05) is 0 Å². The molecule has 3 nitrogen and oxygen atoms in total. The maximum absolute atomic E-state index is 2.44. The lowest BCUT2D eigenvalue weighted by Crippen LogP contribution is -2.10. The average molecular weight is 828 g/mol. The quantitative estimate of drug-likeness (QED) is 0.146. The van der Waals surface area contributed by atoms with Crippen molar-refractivity contribution in [3.63, 3.8) is 0 Å². The normalized spacial score (nSPS) is 11.7. The molecule has 2 aromatic heterocycles. The van der Waals surface area contributed by atoms with Crippen LogP contribution in [0.15, 0.2) is 249 Å². The Kier molecular flexibility index (Phi) is 8.53. The van der Waals surface area contributed by atoms with Crippen molar-refractivity contribution in [2.45, 2.75) is 0 Å². The van der Waals surface area contributed by atoms with E-state index in [9.17, 15) is 0 Å². The van der Waals surface area contributed by atoms with E-state index in [-0.39, 0.29) is 0 Å². The molecule has 13 aromatic rings. The van der Waals surface area contributed by atoms with Crippen molar-refractivity contribution in [1.82, 2.24) is 9.13 Å². The summed E-state index contributed by atoms with van der Waals surface area (Å²) in [4.78, 5) is 2.44.